The average molecular weight is 255 g/mol. The van der Waals surface area contributed by atoms with E-state index in [0.717, 1.165) is 4.90 Å². The normalized spacial score (nSPS) is 10.1. The Morgan fingerprint density at radius 1 is 0.944 bits per heavy atom. The van der Waals surface area contributed by atoms with Gasteiger partial charge in [-0.25, -0.2) is 0 Å². The third kappa shape index (κ3) is 3.08. The van der Waals surface area contributed by atoms with Crippen LogP contribution in [0.2, 0.25) is 0 Å². The van der Waals surface area contributed by atoms with Gasteiger partial charge in [-0.2, -0.15) is 0 Å². The number of carbonyl (C=O) groups excluding carboxylic acids is 1. The highest BCUT2D eigenvalue weighted by atomic mass is 32.2. The molecular weight excluding hydrogens is 242 g/mol. The van der Waals surface area contributed by atoms with Gasteiger partial charge in [0.1, 0.15) is 0 Å². The third-order valence-electron chi connectivity index (χ3n) is 2.44. The van der Waals surface area contributed by atoms with Crippen molar-refractivity contribution in [2.45, 2.75) is 16.7 Å². The smallest absolute Gasteiger partial charge is 0.206 e. The van der Waals surface area contributed by atoms with Crippen molar-refractivity contribution >= 4 is 23.3 Å². The molecule has 0 fully saturated rings. The summed E-state index contributed by atoms with van der Waals surface area (Å²) in [7, 11) is 0. The van der Waals surface area contributed by atoms with Gasteiger partial charge in [0.15, 0.2) is 0 Å². The number of nitrogens with one attached hydrogen (secondary N) is 1. The lowest BCUT2D eigenvalue weighted by Crippen LogP contribution is -2.08. The summed E-state index contributed by atoms with van der Waals surface area (Å²) in [6.07, 6.45) is 0. The molecule has 0 bridgehead atoms. The second kappa shape index (κ2) is 5.65. The first kappa shape index (κ1) is 12.6. The lowest BCUT2D eigenvalue weighted by atomic mass is 10.1. The van der Waals surface area contributed by atoms with Crippen molar-refractivity contribution in [2.75, 3.05) is 0 Å². The van der Waals surface area contributed by atoms with Gasteiger partial charge in [-0.05, 0) is 43.3 Å². The quantitative estimate of drug-likeness (QED) is 0.661. The van der Waals surface area contributed by atoms with Crippen LogP contribution < -0.4 is 0 Å². The van der Waals surface area contributed by atoms with E-state index >= 15 is 0 Å². The molecule has 0 amide bonds. The fourth-order valence-electron chi connectivity index (χ4n) is 1.52. The van der Waals surface area contributed by atoms with E-state index in [9.17, 15) is 4.79 Å². The van der Waals surface area contributed by atoms with Crippen molar-refractivity contribution in [3.63, 3.8) is 0 Å². The Bertz CT molecular complexity index is 561. The first-order valence-corrected chi connectivity index (χ1v) is 6.41. The van der Waals surface area contributed by atoms with Gasteiger partial charge in [-0.15, -0.1) is 0 Å². The Kier molecular flexibility index (Phi) is 3.95. The molecule has 0 saturated carbocycles. The van der Waals surface area contributed by atoms with E-state index in [2.05, 4.69) is 0 Å². The standard InChI is InChI=1S/C15H13NOS/c1-11(16)15(17)12-7-9-14(10-8-12)18-13-5-3-2-4-6-13/h2-10,16H,1H3. The Morgan fingerprint density at radius 2 is 1.50 bits per heavy atom. The molecule has 0 saturated heterocycles. The minimum Gasteiger partial charge on any atom is -0.302 e. The minimum atomic E-state index is -0.216. The van der Waals surface area contributed by atoms with Crippen molar-refractivity contribution in [1.82, 2.24) is 0 Å². The summed E-state index contributed by atoms with van der Waals surface area (Å²) < 4.78 is 0. The zero-order valence-corrected chi connectivity index (χ0v) is 10.8. The van der Waals surface area contributed by atoms with Crippen LogP contribution >= 0.6 is 11.8 Å². The number of carbonyl (C=O) groups is 1. The molecule has 2 nitrogen and oxygen atoms in total. The zero-order chi connectivity index (χ0) is 13.0. The highest BCUT2D eigenvalue weighted by Crippen LogP contribution is 2.27. The Labute approximate surface area is 111 Å². The SMILES string of the molecule is CC(=N)C(=O)c1ccc(Sc2ccccc2)cc1. The van der Waals surface area contributed by atoms with Crippen molar-refractivity contribution in [3.05, 3.63) is 60.2 Å². The van der Waals surface area contributed by atoms with E-state index in [1.54, 1.807) is 23.9 Å². The predicted molar refractivity (Wildman–Crippen MR) is 74.7 cm³/mol. The molecule has 0 heterocycles. The fourth-order valence-corrected chi connectivity index (χ4v) is 2.35. The minimum absolute atomic E-state index is 0.0680. The summed E-state index contributed by atoms with van der Waals surface area (Å²) >= 11 is 1.65. The van der Waals surface area contributed by atoms with Gasteiger partial charge in [0.05, 0.1) is 5.71 Å². The molecule has 18 heavy (non-hydrogen) atoms. The van der Waals surface area contributed by atoms with Crippen LogP contribution in [0, 0.1) is 5.41 Å². The molecule has 0 aliphatic rings. The van der Waals surface area contributed by atoms with Crippen molar-refractivity contribution in [3.8, 4) is 0 Å². The molecule has 0 aliphatic heterocycles. The van der Waals surface area contributed by atoms with Gasteiger partial charge in [-0.3, -0.25) is 4.79 Å². The van der Waals surface area contributed by atoms with Gasteiger partial charge in [0.25, 0.3) is 0 Å². The fraction of sp³-hybridized carbons (Fsp3) is 0.0667. The summed E-state index contributed by atoms with van der Waals surface area (Å²) in [5.41, 5.74) is 0.637. The molecule has 0 aliphatic carbocycles. The number of benzene rings is 2. The summed E-state index contributed by atoms with van der Waals surface area (Å²) in [4.78, 5) is 13.8. The van der Waals surface area contributed by atoms with Gasteiger partial charge in [-0.1, -0.05) is 30.0 Å². The highest BCUT2D eigenvalue weighted by Gasteiger charge is 2.07. The molecule has 0 spiro atoms. The number of hydrogen-bond donors (Lipinski definition) is 1. The van der Waals surface area contributed by atoms with E-state index < -0.39 is 0 Å². The van der Waals surface area contributed by atoms with Gasteiger partial charge in [0.2, 0.25) is 5.78 Å². The van der Waals surface area contributed by atoms with Crippen molar-refractivity contribution in [1.29, 1.82) is 5.41 Å². The maximum absolute atomic E-state index is 11.6. The lowest BCUT2D eigenvalue weighted by Gasteiger charge is -2.03. The molecule has 2 aromatic carbocycles. The number of Topliss-reactive ketones (excluding diaryl/α,β-unsaturated/α-hetero) is 1. The van der Waals surface area contributed by atoms with Crippen LogP contribution in [0.4, 0.5) is 0 Å². The third-order valence-corrected chi connectivity index (χ3v) is 3.45. The Hall–Kier alpha value is -1.87. The van der Waals surface area contributed by atoms with Gasteiger partial charge >= 0.3 is 0 Å². The second-order valence-corrected chi connectivity index (χ2v) is 5.04. The first-order chi connectivity index (χ1) is 8.66. The highest BCUT2D eigenvalue weighted by molar-refractivity contribution is 7.99. The van der Waals surface area contributed by atoms with Crippen LogP contribution in [0.1, 0.15) is 17.3 Å². The van der Waals surface area contributed by atoms with E-state index in [1.165, 1.54) is 11.8 Å². The molecule has 3 heteroatoms. The van der Waals surface area contributed by atoms with Gasteiger partial charge < -0.3 is 5.41 Å². The van der Waals surface area contributed by atoms with Crippen molar-refractivity contribution < 1.29 is 4.79 Å². The number of hydrogen-bond acceptors (Lipinski definition) is 3. The van der Waals surface area contributed by atoms with Crippen LogP contribution in [-0.2, 0) is 0 Å². The molecule has 2 aromatic rings. The van der Waals surface area contributed by atoms with Crippen LogP contribution in [-0.4, -0.2) is 11.5 Å². The van der Waals surface area contributed by atoms with E-state index in [4.69, 9.17) is 5.41 Å². The predicted octanol–water partition coefficient (Wildman–Crippen LogP) is 4.06. The molecule has 0 aromatic heterocycles. The topological polar surface area (TPSA) is 40.9 Å². The lowest BCUT2D eigenvalue weighted by molar-refractivity contribution is 0.106. The van der Waals surface area contributed by atoms with E-state index in [-0.39, 0.29) is 11.5 Å². The molecule has 0 unspecified atom stereocenters. The Balaban J connectivity index is 2.13. The maximum atomic E-state index is 11.6. The number of rotatable bonds is 4. The van der Waals surface area contributed by atoms with Crippen molar-refractivity contribution in [2.24, 2.45) is 0 Å². The van der Waals surface area contributed by atoms with Crippen LogP contribution in [0.3, 0.4) is 0 Å². The van der Waals surface area contributed by atoms with E-state index in [0.29, 0.717) is 5.56 Å². The molecule has 2 rings (SSSR count). The molecule has 90 valence electrons. The van der Waals surface area contributed by atoms with Crippen LogP contribution in [0.5, 0.6) is 0 Å². The monoisotopic (exact) mass is 255 g/mol. The average Bonchev–Trinajstić information content (AvgIpc) is 2.40. The summed E-state index contributed by atoms with van der Waals surface area (Å²) in [6, 6.07) is 17.4. The van der Waals surface area contributed by atoms with Crippen LogP contribution in [0.25, 0.3) is 0 Å². The van der Waals surface area contributed by atoms with Crippen LogP contribution in [0.15, 0.2) is 64.4 Å². The summed E-state index contributed by atoms with van der Waals surface area (Å²) in [5, 5.41) is 7.32. The molecule has 1 N–H and O–H groups in total. The Morgan fingerprint density at radius 3 is 2.06 bits per heavy atom. The van der Waals surface area contributed by atoms with Gasteiger partial charge in [0, 0.05) is 15.4 Å². The number of ketones is 1. The first-order valence-electron chi connectivity index (χ1n) is 5.59. The zero-order valence-electron chi connectivity index (χ0n) is 10.0. The summed E-state index contributed by atoms with van der Waals surface area (Å²) in [5.74, 6) is -0.216. The molecule has 0 radical (unpaired) electrons. The largest absolute Gasteiger partial charge is 0.302 e. The van der Waals surface area contributed by atoms with E-state index in [1.807, 2.05) is 42.5 Å². The molecule has 0 atom stereocenters. The maximum Gasteiger partial charge on any atom is 0.206 e. The summed E-state index contributed by atoms with van der Waals surface area (Å²) in [6.45, 7) is 1.51. The second-order valence-electron chi connectivity index (χ2n) is 3.89. The molecular formula is C15H13NOS.